The number of rotatable bonds is 16. The molecule has 7 rings (SSSR count). The Balaban J connectivity index is 1.26. The SMILES string of the molecule is COc1ccc([Si](C)(C)[C@H]2[C@H](CCn3cc(C(CO)c4ccccc4)nn3)O[C@@]3(C(=O)N(C/C=C(\C)CCC=C(C)C)c4ccc(NC(=O)C5CCCNC5)cc43)[C@@H]2C)cc1. The van der Waals surface area contributed by atoms with Gasteiger partial charge < -0.3 is 30.1 Å². The van der Waals surface area contributed by atoms with E-state index in [-0.39, 0.29) is 47.8 Å². The number of anilines is 2. The fourth-order valence-electron chi connectivity index (χ4n) is 10.00. The van der Waals surface area contributed by atoms with Crippen LogP contribution in [-0.4, -0.2) is 79.4 Å². The molecule has 1 aromatic heterocycles. The first-order chi connectivity index (χ1) is 29.4. The predicted octanol–water partition coefficient (Wildman–Crippen LogP) is 7.69. The van der Waals surface area contributed by atoms with Crippen molar-refractivity contribution >= 4 is 36.4 Å². The maximum atomic E-state index is 15.5. The molecule has 324 valence electrons. The van der Waals surface area contributed by atoms with Crippen molar-refractivity contribution in [2.75, 3.05) is 43.6 Å². The van der Waals surface area contributed by atoms with Crippen LogP contribution in [0.3, 0.4) is 0 Å². The van der Waals surface area contributed by atoms with E-state index in [4.69, 9.17) is 9.47 Å². The number of ether oxygens (including phenoxy) is 2. The predicted molar refractivity (Wildman–Crippen MR) is 245 cm³/mol. The molecule has 3 aliphatic rings. The van der Waals surface area contributed by atoms with Crippen LogP contribution in [0.5, 0.6) is 5.75 Å². The number of carbonyl (C=O) groups excluding carboxylic acids is 2. The first-order valence-corrected chi connectivity index (χ1v) is 25.1. The van der Waals surface area contributed by atoms with Gasteiger partial charge in [0.05, 0.1) is 51.1 Å². The number of hydrogen-bond acceptors (Lipinski definition) is 8. The van der Waals surface area contributed by atoms with E-state index in [0.717, 1.165) is 54.8 Å². The highest BCUT2D eigenvalue weighted by Crippen LogP contribution is 2.60. The molecule has 4 heterocycles. The van der Waals surface area contributed by atoms with Gasteiger partial charge in [-0.15, -0.1) is 5.10 Å². The Hall–Kier alpha value is -4.88. The summed E-state index contributed by atoms with van der Waals surface area (Å²) in [7, 11) is -0.742. The molecule has 0 saturated carbocycles. The first-order valence-electron chi connectivity index (χ1n) is 22.0. The number of aliphatic hydroxyl groups is 1. The monoisotopic (exact) mass is 844 g/mol. The maximum Gasteiger partial charge on any atom is 0.264 e. The zero-order valence-electron chi connectivity index (χ0n) is 37.0. The van der Waals surface area contributed by atoms with Gasteiger partial charge in [-0.2, -0.15) is 0 Å². The Labute approximate surface area is 362 Å². The van der Waals surface area contributed by atoms with Crippen LogP contribution in [0, 0.1) is 11.8 Å². The molecular formula is C49H64N6O5Si. The van der Waals surface area contributed by atoms with Crippen molar-refractivity contribution in [3.63, 3.8) is 0 Å². The second-order valence-corrected chi connectivity index (χ2v) is 22.7. The van der Waals surface area contributed by atoms with Crippen molar-refractivity contribution in [1.29, 1.82) is 0 Å². The largest absolute Gasteiger partial charge is 0.497 e. The molecule has 2 unspecified atom stereocenters. The molecule has 3 aliphatic heterocycles. The standard InChI is InChI=1S/C49H64N6O5Si/c1-33(2)13-11-14-34(3)24-28-55-44-23-18-38(51-47(57)37-17-12-26-50-30-37)29-42(44)49(48(55)58)35(4)46(61(6,7)40-21-19-39(59-5)20-22-40)45(60-49)25-27-54-31-43(52-53-54)41(32-56)36-15-9-8-10-16-36/h8-10,13,15-16,18-24,29,31,35,37,41,45-46,50,56H,11-12,14,17,25-28,30,32H2,1-7H3,(H,51,57)/b34-24+/t35-,37?,41?,45+,46-,49+/m1/s1. The topological polar surface area (TPSA) is 131 Å². The Morgan fingerprint density at radius 3 is 2.56 bits per heavy atom. The third kappa shape index (κ3) is 9.19. The fraction of sp³-hybridized carbons (Fsp3) is 0.469. The average molecular weight is 845 g/mol. The van der Waals surface area contributed by atoms with Gasteiger partial charge in [-0.1, -0.05) is 96.2 Å². The summed E-state index contributed by atoms with van der Waals surface area (Å²) in [5.74, 6) is 0.114. The van der Waals surface area contributed by atoms with E-state index in [1.54, 1.807) is 7.11 Å². The van der Waals surface area contributed by atoms with E-state index < -0.39 is 13.7 Å². The number of hydrogen-bond donors (Lipinski definition) is 3. The van der Waals surface area contributed by atoms with Crippen LogP contribution >= 0.6 is 0 Å². The van der Waals surface area contributed by atoms with Crippen molar-refractivity contribution in [2.24, 2.45) is 11.8 Å². The Morgan fingerprint density at radius 1 is 1.10 bits per heavy atom. The lowest BCUT2D eigenvalue weighted by atomic mass is 9.82. The third-order valence-electron chi connectivity index (χ3n) is 13.4. The molecule has 12 heteroatoms. The third-order valence-corrected chi connectivity index (χ3v) is 17.8. The molecule has 4 aromatic rings. The zero-order valence-corrected chi connectivity index (χ0v) is 38.0. The van der Waals surface area contributed by atoms with E-state index in [2.05, 4.69) is 86.0 Å². The number of piperidine rings is 1. The summed E-state index contributed by atoms with van der Waals surface area (Å²) in [6, 6.07) is 24.2. The number of carbonyl (C=O) groups is 2. The Bertz CT molecular complexity index is 2210. The highest BCUT2D eigenvalue weighted by Gasteiger charge is 2.66. The maximum absolute atomic E-state index is 15.5. The molecule has 0 bridgehead atoms. The molecule has 2 amide bonds. The number of aromatic nitrogens is 3. The number of nitrogens with zero attached hydrogens (tertiary/aromatic N) is 4. The number of methoxy groups -OCH3 is 1. The number of fused-ring (bicyclic) bond motifs is 2. The number of aryl methyl sites for hydroxylation is 1. The number of allylic oxidation sites excluding steroid dienone is 3. The lowest BCUT2D eigenvalue weighted by Crippen LogP contribution is -2.52. The molecule has 1 spiro atoms. The number of nitrogens with one attached hydrogen (secondary N) is 2. The smallest absolute Gasteiger partial charge is 0.264 e. The minimum atomic E-state index is -2.42. The van der Waals surface area contributed by atoms with E-state index >= 15 is 4.79 Å². The van der Waals surface area contributed by atoms with Gasteiger partial charge in [-0.25, -0.2) is 0 Å². The molecule has 2 fully saturated rings. The Morgan fingerprint density at radius 2 is 1.87 bits per heavy atom. The van der Waals surface area contributed by atoms with Crippen molar-refractivity contribution in [3.05, 3.63) is 119 Å². The van der Waals surface area contributed by atoms with Gasteiger partial charge in [-0.05, 0) is 101 Å². The summed E-state index contributed by atoms with van der Waals surface area (Å²) in [6.45, 7) is 15.8. The quantitative estimate of drug-likeness (QED) is 0.0774. The van der Waals surface area contributed by atoms with Gasteiger partial charge >= 0.3 is 0 Å². The molecule has 3 aromatic carbocycles. The van der Waals surface area contributed by atoms with Gasteiger partial charge in [0.2, 0.25) is 5.91 Å². The first kappa shape index (κ1) is 44.2. The minimum absolute atomic E-state index is 0.00982. The van der Waals surface area contributed by atoms with E-state index in [0.29, 0.717) is 37.4 Å². The minimum Gasteiger partial charge on any atom is -0.497 e. The average Bonchev–Trinajstić information content (AvgIpc) is 3.92. The fourth-order valence-corrected chi connectivity index (χ4v) is 14.1. The number of benzene rings is 3. The molecular weight excluding hydrogens is 781 g/mol. The van der Waals surface area contributed by atoms with E-state index in [9.17, 15) is 9.90 Å². The molecule has 3 N–H and O–H groups in total. The summed E-state index contributed by atoms with van der Waals surface area (Å²) >= 11 is 0. The lowest BCUT2D eigenvalue weighted by Gasteiger charge is -2.37. The van der Waals surface area contributed by atoms with Crippen molar-refractivity contribution in [2.45, 2.75) is 103 Å². The molecule has 0 radical (unpaired) electrons. The summed E-state index contributed by atoms with van der Waals surface area (Å²) in [4.78, 5) is 30.9. The van der Waals surface area contributed by atoms with Crippen LogP contribution in [0.25, 0.3) is 0 Å². The summed E-state index contributed by atoms with van der Waals surface area (Å²) in [5, 5.41) is 27.2. The van der Waals surface area contributed by atoms with Gasteiger partial charge in [0, 0.05) is 43.0 Å². The van der Waals surface area contributed by atoms with Crippen LogP contribution in [0.1, 0.15) is 82.5 Å². The van der Waals surface area contributed by atoms with Crippen LogP contribution in [-0.2, 0) is 26.5 Å². The van der Waals surface area contributed by atoms with Crippen LogP contribution < -0.4 is 25.5 Å². The van der Waals surface area contributed by atoms with Crippen LogP contribution in [0.15, 0.2) is 102 Å². The molecule has 11 nitrogen and oxygen atoms in total. The van der Waals surface area contributed by atoms with Crippen LogP contribution in [0.4, 0.5) is 11.4 Å². The van der Waals surface area contributed by atoms with Crippen molar-refractivity contribution < 1.29 is 24.2 Å². The van der Waals surface area contributed by atoms with Crippen molar-refractivity contribution in [1.82, 2.24) is 20.3 Å². The molecule has 61 heavy (non-hydrogen) atoms. The van der Waals surface area contributed by atoms with Gasteiger partial charge in [0.25, 0.3) is 5.91 Å². The number of amides is 2. The summed E-state index contributed by atoms with van der Waals surface area (Å²) in [5.41, 5.74) is 5.25. The van der Waals surface area contributed by atoms with Gasteiger partial charge in [0.15, 0.2) is 5.60 Å². The second-order valence-electron chi connectivity index (χ2n) is 18.0. The van der Waals surface area contributed by atoms with Gasteiger partial charge in [0.1, 0.15) is 5.75 Å². The second kappa shape index (κ2) is 19.0. The molecule has 2 saturated heterocycles. The normalized spacial score (nSPS) is 23.2. The zero-order chi connectivity index (χ0) is 43.3. The van der Waals surface area contributed by atoms with Crippen LogP contribution in [0.2, 0.25) is 18.6 Å². The van der Waals surface area contributed by atoms with E-state index in [1.807, 2.05) is 76.4 Å². The lowest BCUT2D eigenvalue weighted by molar-refractivity contribution is -0.145. The van der Waals surface area contributed by atoms with Gasteiger partial charge in [-0.3, -0.25) is 14.3 Å². The molecule has 0 aliphatic carbocycles. The molecule has 6 atom stereocenters. The highest BCUT2D eigenvalue weighted by atomic mass is 28.3. The number of aliphatic hydroxyl groups excluding tert-OH is 1. The van der Waals surface area contributed by atoms with E-state index in [1.165, 1.54) is 16.3 Å². The highest BCUT2D eigenvalue weighted by molar-refractivity contribution is 6.91. The summed E-state index contributed by atoms with van der Waals surface area (Å²) in [6.07, 6.45) is 10.3. The van der Waals surface area contributed by atoms with Crippen molar-refractivity contribution in [3.8, 4) is 5.75 Å². The Kier molecular flexibility index (Phi) is 13.8. The summed E-state index contributed by atoms with van der Waals surface area (Å²) < 4.78 is 14.9.